The van der Waals surface area contributed by atoms with Gasteiger partial charge < -0.3 is 10.2 Å². The molecule has 11 heteroatoms. The van der Waals surface area contributed by atoms with Gasteiger partial charge in [-0.2, -0.15) is 0 Å². The highest BCUT2D eigenvalue weighted by molar-refractivity contribution is 7.92. The number of carbonyl (C=O) groups is 2. The zero-order valence-electron chi connectivity index (χ0n) is 24.0. The lowest BCUT2D eigenvalue weighted by Crippen LogP contribution is -2.53. The summed E-state index contributed by atoms with van der Waals surface area (Å²) < 4.78 is 43.7. The number of halogens is 3. The molecular formula is C33H32Cl2FN3O4S. The maximum Gasteiger partial charge on any atom is 0.264 e. The number of carbonyl (C=O) groups excluding carboxylic acids is 2. The summed E-state index contributed by atoms with van der Waals surface area (Å²) in [5.41, 5.74) is 1.06. The van der Waals surface area contributed by atoms with Crippen molar-refractivity contribution in [3.8, 4) is 0 Å². The Morgan fingerprint density at radius 2 is 1.48 bits per heavy atom. The van der Waals surface area contributed by atoms with Crippen molar-refractivity contribution in [1.82, 2.24) is 10.2 Å². The fraction of sp³-hybridized carbons (Fsp3) is 0.212. The van der Waals surface area contributed by atoms with E-state index < -0.39 is 40.2 Å². The number of nitrogens with zero attached hydrogens (tertiary/aromatic N) is 2. The van der Waals surface area contributed by atoms with Crippen LogP contribution in [0, 0.1) is 5.82 Å². The van der Waals surface area contributed by atoms with Gasteiger partial charge in [-0.15, -0.1) is 0 Å². The van der Waals surface area contributed by atoms with Gasteiger partial charge in [-0.25, -0.2) is 12.8 Å². The Kier molecular flexibility index (Phi) is 11.4. The van der Waals surface area contributed by atoms with Crippen LogP contribution in [0.2, 0.25) is 10.0 Å². The normalized spacial score (nSPS) is 11.9. The summed E-state index contributed by atoms with van der Waals surface area (Å²) >= 11 is 12.4. The van der Waals surface area contributed by atoms with E-state index in [1.807, 2.05) is 37.3 Å². The van der Waals surface area contributed by atoms with Crippen LogP contribution in [0.3, 0.4) is 0 Å². The van der Waals surface area contributed by atoms with Crippen molar-refractivity contribution in [3.05, 3.63) is 130 Å². The van der Waals surface area contributed by atoms with Crippen molar-refractivity contribution >= 4 is 50.7 Å². The van der Waals surface area contributed by atoms with E-state index in [9.17, 15) is 18.0 Å². The van der Waals surface area contributed by atoms with Crippen molar-refractivity contribution in [3.63, 3.8) is 0 Å². The molecule has 0 spiro atoms. The predicted octanol–water partition coefficient (Wildman–Crippen LogP) is 6.49. The molecule has 0 aliphatic carbocycles. The zero-order chi connectivity index (χ0) is 31.7. The minimum absolute atomic E-state index is 0.0940. The van der Waals surface area contributed by atoms with Crippen molar-refractivity contribution in [2.75, 3.05) is 17.4 Å². The largest absolute Gasteiger partial charge is 0.354 e. The number of rotatable bonds is 13. The highest BCUT2D eigenvalue weighted by atomic mass is 35.5. The fourth-order valence-electron chi connectivity index (χ4n) is 4.64. The fourth-order valence-corrected chi connectivity index (χ4v) is 6.41. The molecule has 44 heavy (non-hydrogen) atoms. The first-order chi connectivity index (χ1) is 21.1. The third-order valence-corrected chi connectivity index (χ3v) is 9.40. The second kappa shape index (κ2) is 15.2. The summed E-state index contributed by atoms with van der Waals surface area (Å²) in [6, 6.07) is 25.8. The molecule has 1 N–H and O–H groups in total. The van der Waals surface area contributed by atoms with Crippen molar-refractivity contribution in [2.45, 2.75) is 37.2 Å². The molecule has 2 amide bonds. The van der Waals surface area contributed by atoms with Crippen molar-refractivity contribution in [1.29, 1.82) is 0 Å². The first-order valence-electron chi connectivity index (χ1n) is 14.0. The Hall–Kier alpha value is -3.92. The van der Waals surface area contributed by atoms with Crippen LogP contribution in [-0.4, -0.2) is 44.3 Å². The van der Waals surface area contributed by atoms with Gasteiger partial charge in [0.1, 0.15) is 18.4 Å². The molecule has 1 atom stereocenters. The zero-order valence-corrected chi connectivity index (χ0v) is 26.3. The number of hydrogen-bond donors (Lipinski definition) is 1. The maximum atomic E-state index is 15.2. The minimum Gasteiger partial charge on any atom is -0.354 e. The molecule has 0 aliphatic rings. The number of amides is 2. The van der Waals surface area contributed by atoms with Gasteiger partial charge in [-0.05, 0) is 53.9 Å². The Bertz CT molecular complexity index is 1690. The summed E-state index contributed by atoms with van der Waals surface area (Å²) in [5.74, 6) is -1.95. The molecule has 4 rings (SSSR count). The molecule has 7 nitrogen and oxygen atoms in total. The third-order valence-electron chi connectivity index (χ3n) is 6.89. The SMILES string of the molecule is CCCNC(=O)[C@@H](Cc1ccccc1)N(Cc1ccc(Cl)c(Cl)c1)C(=O)CN(c1ccccc1F)S(=O)(=O)c1ccccc1. The Balaban J connectivity index is 1.81. The topological polar surface area (TPSA) is 86.8 Å². The van der Waals surface area contributed by atoms with Crippen LogP contribution in [0.15, 0.2) is 108 Å². The molecule has 0 saturated heterocycles. The maximum absolute atomic E-state index is 15.2. The monoisotopic (exact) mass is 655 g/mol. The number of sulfonamides is 1. The molecule has 0 heterocycles. The molecule has 0 aromatic heterocycles. The predicted molar refractivity (Wildman–Crippen MR) is 172 cm³/mol. The molecule has 4 aromatic carbocycles. The second-order valence-electron chi connectivity index (χ2n) is 10.0. The number of nitrogens with one attached hydrogen (secondary N) is 1. The Morgan fingerprint density at radius 3 is 2.11 bits per heavy atom. The quantitative estimate of drug-likeness (QED) is 0.178. The first-order valence-corrected chi connectivity index (χ1v) is 16.2. The molecule has 230 valence electrons. The highest BCUT2D eigenvalue weighted by Crippen LogP contribution is 2.28. The van der Waals surface area contributed by atoms with Crippen LogP contribution < -0.4 is 9.62 Å². The van der Waals surface area contributed by atoms with Gasteiger partial charge in [0, 0.05) is 19.5 Å². The van der Waals surface area contributed by atoms with E-state index in [0.29, 0.717) is 23.6 Å². The van der Waals surface area contributed by atoms with Crippen LogP contribution in [0.5, 0.6) is 0 Å². The average Bonchev–Trinajstić information content (AvgIpc) is 3.03. The van der Waals surface area contributed by atoms with E-state index in [1.165, 1.54) is 35.2 Å². The number of hydrogen-bond acceptors (Lipinski definition) is 4. The lowest BCUT2D eigenvalue weighted by molar-refractivity contribution is -0.140. The minimum atomic E-state index is -4.40. The molecule has 0 aliphatic heterocycles. The summed E-state index contributed by atoms with van der Waals surface area (Å²) in [7, 11) is -4.40. The van der Waals surface area contributed by atoms with Gasteiger partial charge in [0.15, 0.2) is 0 Å². The van der Waals surface area contributed by atoms with E-state index in [0.717, 1.165) is 15.9 Å². The number of anilines is 1. The average molecular weight is 657 g/mol. The molecule has 0 unspecified atom stereocenters. The standard InChI is InChI=1S/C33H32Cl2FN3O4S/c1-2-19-37-33(41)31(21-24-11-5-3-6-12-24)38(22-25-17-18-27(34)28(35)20-25)32(40)23-39(30-16-10-9-15-29(30)36)44(42,43)26-13-7-4-8-14-26/h3-18,20,31H,2,19,21-23H2,1H3,(H,37,41)/t31-/m1/s1. The van der Waals surface area contributed by atoms with Crippen molar-refractivity contribution in [2.24, 2.45) is 0 Å². The van der Waals surface area contributed by atoms with E-state index in [2.05, 4.69) is 5.32 Å². The van der Waals surface area contributed by atoms with Gasteiger partial charge in [-0.1, -0.05) is 96.9 Å². The van der Waals surface area contributed by atoms with Crippen LogP contribution in [0.25, 0.3) is 0 Å². The molecular weight excluding hydrogens is 624 g/mol. The lowest BCUT2D eigenvalue weighted by atomic mass is 10.0. The van der Waals surface area contributed by atoms with E-state index in [-0.39, 0.29) is 28.6 Å². The lowest BCUT2D eigenvalue weighted by Gasteiger charge is -2.34. The molecule has 0 bridgehead atoms. The highest BCUT2D eigenvalue weighted by Gasteiger charge is 2.35. The number of para-hydroxylation sites is 1. The molecule has 0 radical (unpaired) electrons. The van der Waals surface area contributed by atoms with Gasteiger partial charge >= 0.3 is 0 Å². The summed E-state index contributed by atoms with van der Waals surface area (Å²) in [6.07, 6.45) is 0.815. The van der Waals surface area contributed by atoms with Gasteiger partial charge in [0.2, 0.25) is 11.8 Å². The Labute approximate surface area is 267 Å². The van der Waals surface area contributed by atoms with Crippen LogP contribution in [0.4, 0.5) is 10.1 Å². The first kappa shape index (κ1) is 33.0. The number of benzene rings is 4. The van der Waals surface area contributed by atoms with Gasteiger partial charge in [0.25, 0.3) is 10.0 Å². The van der Waals surface area contributed by atoms with Crippen molar-refractivity contribution < 1.29 is 22.4 Å². The van der Waals surface area contributed by atoms with E-state index >= 15 is 4.39 Å². The molecule has 0 fully saturated rings. The Morgan fingerprint density at radius 1 is 0.841 bits per heavy atom. The summed E-state index contributed by atoms with van der Waals surface area (Å²) in [5, 5.41) is 3.44. The molecule has 4 aromatic rings. The van der Waals surface area contributed by atoms with Crippen LogP contribution >= 0.6 is 23.2 Å². The van der Waals surface area contributed by atoms with Crippen LogP contribution in [-0.2, 0) is 32.6 Å². The van der Waals surface area contributed by atoms with Crippen LogP contribution in [0.1, 0.15) is 24.5 Å². The molecule has 0 saturated carbocycles. The smallest absolute Gasteiger partial charge is 0.264 e. The van der Waals surface area contributed by atoms with E-state index in [4.69, 9.17) is 23.2 Å². The summed E-state index contributed by atoms with van der Waals surface area (Å²) in [4.78, 5) is 29.2. The van der Waals surface area contributed by atoms with Gasteiger partial charge in [0.05, 0.1) is 20.6 Å². The van der Waals surface area contributed by atoms with Gasteiger partial charge in [-0.3, -0.25) is 13.9 Å². The third kappa shape index (κ3) is 8.16. The van der Waals surface area contributed by atoms with E-state index in [1.54, 1.807) is 36.4 Å². The second-order valence-corrected chi connectivity index (χ2v) is 12.7. The summed E-state index contributed by atoms with van der Waals surface area (Å²) in [6.45, 7) is 1.42.